The largest absolute Gasteiger partial charge is 0.378 e. The average molecular weight is 212 g/mol. The van der Waals surface area contributed by atoms with Crippen LogP contribution in [-0.4, -0.2) is 24.7 Å². The molecule has 3 nitrogen and oxygen atoms in total. The lowest BCUT2D eigenvalue weighted by molar-refractivity contribution is 0.184. The highest BCUT2D eigenvalue weighted by Gasteiger charge is 2.41. The molecule has 78 valence electrons. The van der Waals surface area contributed by atoms with Gasteiger partial charge in [-0.05, 0) is 19.9 Å². The Labute approximate surface area is 88.5 Å². The molecule has 1 N–H and O–H groups in total. The monoisotopic (exact) mass is 212 g/mol. The maximum absolute atomic E-state index is 5.05. The van der Waals surface area contributed by atoms with E-state index < -0.39 is 0 Å². The van der Waals surface area contributed by atoms with Crippen molar-refractivity contribution >= 4 is 11.3 Å². The van der Waals surface area contributed by atoms with Crippen molar-refractivity contribution in [1.82, 2.24) is 10.3 Å². The third-order valence-corrected chi connectivity index (χ3v) is 3.64. The average Bonchev–Trinajstić information content (AvgIpc) is 2.82. The third kappa shape index (κ3) is 2.13. The van der Waals surface area contributed by atoms with Crippen LogP contribution in [0.3, 0.4) is 0 Å². The predicted molar refractivity (Wildman–Crippen MR) is 57.6 cm³/mol. The van der Waals surface area contributed by atoms with Crippen LogP contribution < -0.4 is 5.32 Å². The van der Waals surface area contributed by atoms with Crippen LogP contribution >= 0.6 is 11.3 Å². The molecule has 2 rings (SSSR count). The van der Waals surface area contributed by atoms with Crippen molar-refractivity contribution in [3.63, 3.8) is 0 Å². The molecule has 0 bridgehead atoms. The van der Waals surface area contributed by atoms with Gasteiger partial charge in [0.05, 0.1) is 12.3 Å². The summed E-state index contributed by atoms with van der Waals surface area (Å²) in [5.41, 5.74) is 1.56. The van der Waals surface area contributed by atoms with Gasteiger partial charge in [0.2, 0.25) is 0 Å². The Bertz CT molecular complexity index is 307. The van der Waals surface area contributed by atoms with Crippen LogP contribution in [0.4, 0.5) is 0 Å². The van der Waals surface area contributed by atoms with Crippen molar-refractivity contribution in [3.8, 4) is 0 Å². The van der Waals surface area contributed by atoms with Gasteiger partial charge in [-0.15, -0.1) is 11.3 Å². The number of ether oxygens (including phenoxy) is 1. The highest BCUT2D eigenvalue weighted by Crippen LogP contribution is 2.38. The topological polar surface area (TPSA) is 34.1 Å². The molecule has 1 aromatic heterocycles. The van der Waals surface area contributed by atoms with Gasteiger partial charge in [-0.1, -0.05) is 0 Å². The zero-order chi connectivity index (χ0) is 10.0. The molecule has 0 aliphatic heterocycles. The van der Waals surface area contributed by atoms with Gasteiger partial charge >= 0.3 is 0 Å². The van der Waals surface area contributed by atoms with Crippen LogP contribution in [0.2, 0.25) is 0 Å². The van der Waals surface area contributed by atoms with Crippen molar-refractivity contribution < 1.29 is 4.74 Å². The van der Waals surface area contributed by atoms with Crippen LogP contribution in [-0.2, 0) is 17.8 Å². The molecule has 1 aliphatic rings. The fourth-order valence-corrected chi connectivity index (χ4v) is 2.40. The van der Waals surface area contributed by atoms with E-state index in [0.717, 1.165) is 11.4 Å². The number of hydrogen-bond donors (Lipinski definition) is 1. The van der Waals surface area contributed by atoms with Crippen LogP contribution in [0.5, 0.6) is 0 Å². The number of nitrogens with zero attached hydrogens (tertiary/aromatic N) is 1. The summed E-state index contributed by atoms with van der Waals surface area (Å²) in [6.45, 7) is 0.636. The van der Waals surface area contributed by atoms with E-state index in [4.69, 9.17) is 4.74 Å². The Morgan fingerprint density at radius 3 is 3.00 bits per heavy atom. The van der Waals surface area contributed by atoms with Gasteiger partial charge in [0.1, 0.15) is 5.01 Å². The maximum atomic E-state index is 5.05. The Hall–Kier alpha value is -0.450. The number of likely N-dealkylation sites (N-methyl/N-ethyl adjacent to an activating group) is 1. The van der Waals surface area contributed by atoms with Crippen LogP contribution in [0, 0.1) is 0 Å². The fourth-order valence-electron chi connectivity index (χ4n) is 1.63. The Morgan fingerprint density at radius 1 is 1.64 bits per heavy atom. The smallest absolute Gasteiger partial charge is 0.119 e. The molecule has 0 atom stereocenters. The first-order valence-electron chi connectivity index (χ1n) is 4.89. The summed E-state index contributed by atoms with van der Waals surface area (Å²) >= 11 is 1.69. The summed E-state index contributed by atoms with van der Waals surface area (Å²) < 4.78 is 5.05. The number of methoxy groups -OCH3 is 1. The van der Waals surface area contributed by atoms with E-state index in [1.54, 1.807) is 18.4 Å². The van der Waals surface area contributed by atoms with E-state index >= 15 is 0 Å². The summed E-state index contributed by atoms with van der Waals surface area (Å²) in [7, 11) is 3.74. The number of aromatic nitrogens is 1. The lowest BCUT2D eigenvalue weighted by Gasteiger charge is -2.11. The van der Waals surface area contributed by atoms with Crippen LogP contribution in [0.1, 0.15) is 23.5 Å². The molecule has 0 aromatic carbocycles. The fraction of sp³-hybridized carbons (Fsp3) is 0.700. The second-order valence-electron chi connectivity index (χ2n) is 3.87. The minimum absolute atomic E-state index is 0.360. The molecular weight excluding hydrogens is 196 g/mol. The van der Waals surface area contributed by atoms with Crippen molar-refractivity contribution in [1.29, 1.82) is 0 Å². The van der Waals surface area contributed by atoms with Gasteiger partial charge in [0.25, 0.3) is 0 Å². The van der Waals surface area contributed by atoms with E-state index in [9.17, 15) is 0 Å². The van der Waals surface area contributed by atoms with E-state index in [2.05, 4.69) is 15.7 Å². The van der Waals surface area contributed by atoms with Gasteiger partial charge in [0, 0.05) is 24.4 Å². The van der Waals surface area contributed by atoms with Gasteiger partial charge in [-0.3, -0.25) is 0 Å². The van der Waals surface area contributed by atoms with E-state index in [-0.39, 0.29) is 0 Å². The molecule has 1 heterocycles. The minimum Gasteiger partial charge on any atom is -0.378 e. The SMILES string of the molecule is CNC1(Cc2csc(COC)n2)CC1. The molecule has 1 aliphatic carbocycles. The first-order chi connectivity index (χ1) is 6.78. The lowest BCUT2D eigenvalue weighted by Crippen LogP contribution is -2.29. The molecule has 1 aromatic rings. The first kappa shape index (κ1) is 10.1. The summed E-state index contributed by atoms with van der Waals surface area (Å²) in [4.78, 5) is 4.53. The van der Waals surface area contributed by atoms with E-state index in [1.807, 2.05) is 7.05 Å². The van der Waals surface area contributed by atoms with E-state index in [0.29, 0.717) is 12.1 Å². The summed E-state index contributed by atoms with van der Waals surface area (Å²) in [5.74, 6) is 0. The first-order valence-corrected chi connectivity index (χ1v) is 5.77. The quantitative estimate of drug-likeness (QED) is 0.804. The Balaban J connectivity index is 1.96. The standard InChI is InChI=1S/C10H16N2OS/c1-11-10(3-4-10)5-8-7-14-9(12-8)6-13-2/h7,11H,3-6H2,1-2H3. The molecule has 0 unspecified atom stereocenters. The molecule has 0 saturated heterocycles. The molecule has 4 heteroatoms. The second-order valence-corrected chi connectivity index (χ2v) is 4.82. The normalized spacial score (nSPS) is 18.4. The maximum Gasteiger partial charge on any atom is 0.119 e. The second kappa shape index (κ2) is 3.96. The molecule has 14 heavy (non-hydrogen) atoms. The van der Waals surface area contributed by atoms with E-state index in [1.165, 1.54) is 18.5 Å². The number of hydrogen-bond acceptors (Lipinski definition) is 4. The van der Waals surface area contributed by atoms with Gasteiger partial charge in [-0.25, -0.2) is 4.98 Å². The summed E-state index contributed by atoms with van der Waals surface area (Å²) in [6, 6.07) is 0. The summed E-state index contributed by atoms with van der Waals surface area (Å²) in [5, 5.41) is 6.60. The van der Waals surface area contributed by atoms with Gasteiger partial charge < -0.3 is 10.1 Å². The lowest BCUT2D eigenvalue weighted by atomic mass is 10.1. The zero-order valence-electron chi connectivity index (χ0n) is 8.67. The highest BCUT2D eigenvalue weighted by atomic mass is 32.1. The Morgan fingerprint density at radius 2 is 2.43 bits per heavy atom. The van der Waals surface area contributed by atoms with Crippen LogP contribution in [0.15, 0.2) is 5.38 Å². The molecular formula is C10H16N2OS. The number of nitrogens with one attached hydrogen (secondary N) is 1. The molecule has 0 radical (unpaired) electrons. The zero-order valence-corrected chi connectivity index (χ0v) is 9.49. The number of thiazole rings is 1. The van der Waals surface area contributed by atoms with Crippen molar-refractivity contribution in [2.75, 3.05) is 14.2 Å². The molecule has 1 saturated carbocycles. The number of rotatable bonds is 5. The van der Waals surface area contributed by atoms with Crippen molar-refractivity contribution in [2.45, 2.75) is 31.4 Å². The Kier molecular flexibility index (Phi) is 2.85. The molecule has 0 amide bonds. The molecule has 0 spiro atoms. The van der Waals surface area contributed by atoms with Crippen molar-refractivity contribution in [2.24, 2.45) is 0 Å². The van der Waals surface area contributed by atoms with Crippen LogP contribution in [0.25, 0.3) is 0 Å². The molecule has 1 fully saturated rings. The van der Waals surface area contributed by atoms with Crippen molar-refractivity contribution in [3.05, 3.63) is 16.1 Å². The van der Waals surface area contributed by atoms with Gasteiger partial charge in [0.15, 0.2) is 0 Å². The summed E-state index contributed by atoms with van der Waals surface area (Å²) in [6.07, 6.45) is 3.62. The third-order valence-electron chi connectivity index (χ3n) is 2.77. The minimum atomic E-state index is 0.360. The predicted octanol–water partition coefficient (Wildman–Crippen LogP) is 1.58. The highest BCUT2D eigenvalue weighted by molar-refractivity contribution is 7.09. The van der Waals surface area contributed by atoms with Gasteiger partial charge in [-0.2, -0.15) is 0 Å².